The summed E-state index contributed by atoms with van der Waals surface area (Å²) in [5.74, 6) is 0. The Hall–Kier alpha value is -2.70. The first-order valence-electron chi connectivity index (χ1n) is 7.91. The molecule has 0 spiro atoms. The Labute approximate surface area is 142 Å². The summed E-state index contributed by atoms with van der Waals surface area (Å²) in [6, 6.07) is 5.30. The molecule has 0 unspecified atom stereocenters. The largest absolute Gasteiger partial charge is 0.444 e. The third-order valence-corrected chi connectivity index (χ3v) is 3.30. The number of hydrogen-bond donors (Lipinski definition) is 3. The van der Waals surface area contributed by atoms with Crippen molar-refractivity contribution in [3.05, 3.63) is 36.4 Å². The summed E-state index contributed by atoms with van der Waals surface area (Å²) < 4.78 is 7.27. The number of hydrogen-bond acceptors (Lipinski definition) is 5. The van der Waals surface area contributed by atoms with Gasteiger partial charge in [0.25, 0.3) is 0 Å². The van der Waals surface area contributed by atoms with E-state index in [-0.39, 0.29) is 0 Å². The van der Waals surface area contributed by atoms with Crippen LogP contribution in [0.25, 0.3) is 0 Å². The van der Waals surface area contributed by atoms with Gasteiger partial charge in [0, 0.05) is 18.4 Å². The summed E-state index contributed by atoms with van der Waals surface area (Å²) in [5, 5.41) is 5.95. The van der Waals surface area contributed by atoms with Gasteiger partial charge in [-0.05, 0) is 45.9 Å². The van der Waals surface area contributed by atoms with Crippen LogP contribution in [-0.2, 0) is 17.8 Å². The van der Waals surface area contributed by atoms with Gasteiger partial charge in [-0.3, -0.25) is 5.32 Å². The molecule has 1 aromatic heterocycles. The Balaban J connectivity index is 1.98. The van der Waals surface area contributed by atoms with E-state index in [1.165, 1.54) is 0 Å². The van der Waals surface area contributed by atoms with Crippen molar-refractivity contribution in [3.8, 4) is 0 Å². The molecule has 0 fully saturated rings. The van der Waals surface area contributed by atoms with E-state index in [2.05, 4.69) is 27.1 Å². The zero-order chi connectivity index (χ0) is 17.7. The molecule has 1 aromatic carbocycles. The first-order valence-corrected chi connectivity index (χ1v) is 7.91. The molecule has 0 bridgehead atoms. The fraction of sp³-hybridized carbons (Fsp3) is 0.412. The number of carbonyl (C=O) groups is 1. The molecule has 7 nitrogen and oxygen atoms in total. The number of benzene rings is 1. The van der Waals surface area contributed by atoms with Crippen molar-refractivity contribution < 1.29 is 9.53 Å². The summed E-state index contributed by atoms with van der Waals surface area (Å²) in [7, 11) is 0. The van der Waals surface area contributed by atoms with Crippen molar-refractivity contribution in [2.24, 2.45) is 0 Å². The first-order chi connectivity index (χ1) is 11.3. The van der Waals surface area contributed by atoms with Crippen LogP contribution in [0.1, 0.15) is 33.4 Å². The lowest BCUT2D eigenvalue weighted by molar-refractivity contribution is 0.0636. The molecule has 0 atom stereocenters. The SMILES string of the molecule is CCn1cncc1CNc1ccc(NC(=O)OC(C)(C)C)cc1N. The number of carbonyl (C=O) groups excluding carboxylic acids is 1. The number of nitrogens with zero attached hydrogens (tertiary/aromatic N) is 2. The van der Waals surface area contributed by atoms with Crippen molar-refractivity contribution in [2.45, 2.75) is 46.4 Å². The van der Waals surface area contributed by atoms with Crippen molar-refractivity contribution in [2.75, 3.05) is 16.4 Å². The molecule has 24 heavy (non-hydrogen) atoms. The van der Waals surface area contributed by atoms with Crippen molar-refractivity contribution in [1.29, 1.82) is 0 Å². The third kappa shape index (κ3) is 4.91. The lowest BCUT2D eigenvalue weighted by Crippen LogP contribution is -2.27. The molecule has 0 aliphatic heterocycles. The van der Waals surface area contributed by atoms with E-state index in [9.17, 15) is 4.79 Å². The summed E-state index contributed by atoms with van der Waals surface area (Å²) in [5.41, 5.74) is 8.53. The number of nitrogens with one attached hydrogen (secondary N) is 2. The zero-order valence-corrected chi connectivity index (χ0v) is 14.6. The van der Waals surface area contributed by atoms with Crippen LogP contribution < -0.4 is 16.4 Å². The monoisotopic (exact) mass is 331 g/mol. The predicted molar refractivity (Wildman–Crippen MR) is 95.9 cm³/mol. The highest BCUT2D eigenvalue weighted by atomic mass is 16.6. The molecular formula is C17H25N5O2. The molecule has 2 aromatic rings. The molecule has 0 saturated carbocycles. The van der Waals surface area contributed by atoms with Crippen molar-refractivity contribution in [3.63, 3.8) is 0 Å². The molecule has 130 valence electrons. The smallest absolute Gasteiger partial charge is 0.412 e. The van der Waals surface area contributed by atoms with Crippen LogP contribution in [-0.4, -0.2) is 21.2 Å². The van der Waals surface area contributed by atoms with Gasteiger partial charge >= 0.3 is 6.09 Å². The summed E-state index contributed by atoms with van der Waals surface area (Å²) in [6.07, 6.45) is 3.12. The second-order valence-corrected chi connectivity index (χ2v) is 6.45. The van der Waals surface area contributed by atoms with E-state index in [4.69, 9.17) is 10.5 Å². The Bertz CT molecular complexity index is 703. The van der Waals surface area contributed by atoms with Crippen LogP contribution in [0.15, 0.2) is 30.7 Å². The number of imidazole rings is 1. The Kier molecular flexibility index (Phi) is 5.33. The quantitative estimate of drug-likeness (QED) is 0.730. The van der Waals surface area contributed by atoms with Gasteiger partial charge in [-0.15, -0.1) is 0 Å². The predicted octanol–water partition coefficient (Wildman–Crippen LogP) is 3.44. The van der Waals surface area contributed by atoms with E-state index in [1.807, 2.05) is 33.0 Å². The van der Waals surface area contributed by atoms with Crippen LogP contribution >= 0.6 is 0 Å². The molecule has 4 N–H and O–H groups in total. The molecule has 7 heteroatoms. The van der Waals surface area contributed by atoms with E-state index in [1.54, 1.807) is 18.5 Å². The van der Waals surface area contributed by atoms with Crippen LogP contribution in [0.2, 0.25) is 0 Å². The Morgan fingerprint density at radius 2 is 2.12 bits per heavy atom. The van der Waals surface area contributed by atoms with Gasteiger partial charge in [-0.25, -0.2) is 9.78 Å². The minimum absolute atomic E-state index is 0.505. The minimum atomic E-state index is -0.542. The fourth-order valence-electron chi connectivity index (χ4n) is 2.19. The maximum atomic E-state index is 11.8. The molecule has 0 radical (unpaired) electrons. The van der Waals surface area contributed by atoms with Crippen LogP contribution in [0, 0.1) is 0 Å². The van der Waals surface area contributed by atoms with Gasteiger partial charge in [0.15, 0.2) is 0 Å². The molecule has 0 aliphatic rings. The van der Waals surface area contributed by atoms with Crippen molar-refractivity contribution >= 4 is 23.2 Å². The standard InChI is InChI=1S/C17H25N5O2/c1-5-22-11-19-9-13(22)10-20-15-7-6-12(8-14(15)18)21-16(23)24-17(2,3)4/h6-9,11,20H,5,10,18H2,1-4H3,(H,21,23). The number of aromatic nitrogens is 2. The second-order valence-electron chi connectivity index (χ2n) is 6.45. The van der Waals surface area contributed by atoms with E-state index < -0.39 is 11.7 Å². The van der Waals surface area contributed by atoms with Crippen molar-refractivity contribution in [1.82, 2.24) is 9.55 Å². The third-order valence-electron chi connectivity index (χ3n) is 3.30. The number of nitrogen functional groups attached to an aromatic ring is 1. The van der Waals surface area contributed by atoms with E-state index in [0.29, 0.717) is 17.9 Å². The van der Waals surface area contributed by atoms with Crippen LogP contribution in [0.3, 0.4) is 0 Å². The average molecular weight is 331 g/mol. The molecule has 2 rings (SSSR count). The topological polar surface area (TPSA) is 94.2 Å². The minimum Gasteiger partial charge on any atom is -0.444 e. The highest BCUT2D eigenvalue weighted by Gasteiger charge is 2.16. The number of anilines is 3. The Morgan fingerprint density at radius 3 is 2.75 bits per heavy atom. The number of aryl methyl sites for hydroxylation is 1. The number of ether oxygens (including phenoxy) is 1. The van der Waals surface area contributed by atoms with E-state index >= 15 is 0 Å². The molecule has 1 heterocycles. The van der Waals surface area contributed by atoms with Gasteiger partial charge in [0.2, 0.25) is 0 Å². The second kappa shape index (κ2) is 7.25. The zero-order valence-electron chi connectivity index (χ0n) is 14.6. The average Bonchev–Trinajstić information content (AvgIpc) is 2.91. The van der Waals surface area contributed by atoms with Crippen LogP contribution in [0.4, 0.5) is 21.9 Å². The number of rotatable bonds is 5. The fourth-order valence-corrected chi connectivity index (χ4v) is 2.19. The Morgan fingerprint density at radius 1 is 1.38 bits per heavy atom. The highest BCUT2D eigenvalue weighted by molar-refractivity contribution is 5.87. The van der Waals surface area contributed by atoms with Gasteiger partial charge in [-0.2, -0.15) is 0 Å². The molecule has 0 saturated heterocycles. The van der Waals surface area contributed by atoms with Gasteiger partial charge in [0.05, 0.1) is 29.9 Å². The lowest BCUT2D eigenvalue weighted by Gasteiger charge is -2.20. The van der Waals surface area contributed by atoms with E-state index in [0.717, 1.165) is 17.9 Å². The maximum absolute atomic E-state index is 11.8. The normalized spacial score (nSPS) is 11.2. The van der Waals surface area contributed by atoms with Crippen LogP contribution in [0.5, 0.6) is 0 Å². The van der Waals surface area contributed by atoms with Gasteiger partial charge < -0.3 is 20.4 Å². The summed E-state index contributed by atoms with van der Waals surface area (Å²) >= 11 is 0. The molecule has 0 aliphatic carbocycles. The first kappa shape index (κ1) is 17.7. The maximum Gasteiger partial charge on any atom is 0.412 e. The summed E-state index contributed by atoms with van der Waals surface area (Å²) in [4.78, 5) is 15.9. The molecular weight excluding hydrogens is 306 g/mol. The number of amides is 1. The lowest BCUT2D eigenvalue weighted by atomic mass is 10.2. The number of nitrogens with two attached hydrogens (primary N) is 1. The van der Waals surface area contributed by atoms with Gasteiger partial charge in [-0.1, -0.05) is 0 Å². The van der Waals surface area contributed by atoms with Gasteiger partial charge in [0.1, 0.15) is 5.60 Å². The summed E-state index contributed by atoms with van der Waals surface area (Å²) in [6.45, 7) is 9.00. The molecule has 1 amide bonds. The highest BCUT2D eigenvalue weighted by Crippen LogP contribution is 2.24.